The number of nitrogens with zero attached hydrogens (tertiary/aromatic N) is 1. The number of amides is 1. The summed E-state index contributed by atoms with van der Waals surface area (Å²) < 4.78 is 10.6. The van der Waals surface area contributed by atoms with Crippen LogP contribution < -0.4 is 4.74 Å². The summed E-state index contributed by atoms with van der Waals surface area (Å²) in [6.07, 6.45) is 4.01. The molecule has 126 valence electrons. The molecule has 1 aliphatic heterocycles. The second kappa shape index (κ2) is 6.52. The highest BCUT2D eigenvalue weighted by Crippen LogP contribution is 2.59. The second-order valence-electron chi connectivity index (χ2n) is 7.08. The molecule has 2 atom stereocenters. The fourth-order valence-electron chi connectivity index (χ4n) is 3.73. The molecule has 1 spiro atoms. The van der Waals surface area contributed by atoms with Crippen molar-refractivity contribution in [2.45, 2.75) is 38.6 Å². The van der Waals surface area contributed by atoms with Crippen LogP contribution in [-0.2, 0) is 16.0 Å². The number of hydrogen-bond acceptors (Lipinski definition) is 3. The molecule has 1 amide bonds. The van der Waals surface area contributed by atoms with Gasteiger partial charge in [0.15, 0.2) is 0 Å². The van der Waals surface area contributed by atoms with Crippen LogP contribution in [0.3, 0.4) is 0 Å². The number of rotatable bonds is 5. The Morgan fingerprint density at radius 3 is 2.61 bits per heavy atom. The van der Waals surface area contributed by atoms with Crippen LogP contribution in [-0.4, -0.2) is 44.2 Å². The Kier molecular flexibility index (Phi) is 4.62. The highest BCUT2D eigenvalue weighted by molar-refractivity contribution is 5.82. The van der Waals surface area contributed by atoms with Gasteiger partial charge in [0, 0.05) is 32.2 Å². The maximum Gasteiger partial charge on any atom is 0.226 e. The van der Waals surface area contributed by atoms with Gasteiger partial charge in [-0.25, -0.2) is 0 Å². The van der Waals surface area contributed by atoms with E-state index < -0.39 is 0 Å². The van der Waals surface area contributed by atoms with E-state index in [1.165, 1.54) is 5.56 Å². The Morgan fingerprint density at radius 2 is 2.00 bits per heavy atom. The first-order valence-corrected chi connectivity index (χ1v) is 8.53. The SMILES string of the molecule is COc1ccc(C[C@H](C)N(C)C(=O)[C@@H]2CC23CCOCC3)cc1. The quantitative estimate of drug-likeness (QED) is 0.838. The van der Waals surface area contributed by atoms with Crippen molar-refractivity contribution in [2.24, 2.45) is 11.3 Å². The Hall–Kier alpha value is -1.55. The molecule has 0 unspecified atom stereocenters. The standard InChI is InChI=1S/C19H27NO3/c1-14(12-15-4-6-16(22-3)7-5-15)20(2)18(21)17-13-19(17)8-10-23-11-9-19/h4-7,14,17H,8-13H2,1-3H3/t14-,17-/m0/s1. The first-order valence-electron chi connectivity index (χ1n) is 8.53. The smallest absolute Gasteiger partial charge is 0.226 e. The Bertz CT molecular complexity index is 548. The van der Waals surface area contributed by atoms with Gasteiger partial charge in [0.1, 0.15) is 5.75 Å². The topological polar surface area (TPSA) is 38.8 Å². The van der Waals surface area contributed by atoms with Crippen LogP contribution in [0.2, 0.25) is 0 Å². The van der Waals surface area contributed by atoms with Crippen LogP contribution in [0.25, 0.3) is 0 Å². The third kappa shape index (κ3) is 3.37. The van der Waals surface area contributed by atoms with Gasteiger partial charge in [0.2, 0.25) is 5.91 Å². The van der Waals surface area contributed by atoms with E-state index in [4.69, 9.17) is 9.47 Å². The molecule has 1 aromatic rings. The van der Waals surface area contributed by atoms with Gasteiger partial charge in [0.05, 0.1) is 7.11 Å². The number of likely N-dealkylation sites (N-methyl/N-ethyl adjacent to an activating group) is 1. The van der Waals surface area contributed by atoms with Gasteiger partial charge in [-0.2, -0.15) is 0 Å². The van der Waals surface area contributed by atoms with E-state index in [0.29, 0.717) is 5.91 Å². The fourth-order valence-corrected chi connectivity index (χ4v) is 3.73. The number of ether oxygens (including phenoxy) is 2. The van der Waals surface area contributed by atoms with Crippen molar-refractivity contribution in [1.29, 1.82) is 0 Å². The van der Waals surface area contributed by atoms with Crippen LogP contribution in [0.1, 0.15) is 31.7 Å². The third-order valence-electron chi connectivity index (χ3n) is 5.68. The van der Waals surface area contributed by atoms with Gasteiger partial charge in [0.25, 0.3) is 0 Å². The van der Waals surface area contributed by atoms with Crippen molar-refractivity contribution in [1.82, 2.24) is 4.90 Å². The second-order valence-corrected chi connectivity index (χ2v) is 7.08. The molecule has 0 bridgehead atoms. The van der Waals surface area contributed by atoms with Gasteiger partial charge in [-0.05, 0) is 55.7 Å². The maximum atomic E-state index is 12.8. The molecule has 2 fully saturated rings. The first-order chi connectivity index (χ1) is 11.1. The van der Waals surface area contributed by atoms with Crippen LogP contribution in [0, 0.1) is 11.3 Å². The molecule has 1 saturated heterocycles. The lowest BCUT2D eigenvalue weighted by Gasteiger charge is -2.28. The normalized spacial score (nSPS) is 23.3. The highest BCUT2D eigenvalue weighted by Gasteiger charge is 2.58. The van der Waals surface area contributed by atoms with Crippen molar-refractivity contribution in [2.75, 3.05) is 27.4 Å². The number of hydrogen-bond donors (Lipinski definition) is 0. The Labute approximate surface area is 138 Å². The Morgan fingerprint density at radius 1 is 1.35 bits per heavy atom. The van der Waals surface area contributed by atoms with Crippen molar-refractivity contribution < 1.29 is 14.3 Å². The van der Waals surface area contributed by atoms with E-state index >= 15 is 0 Å². The molecule has 0 N–H and O–H groups in total. The highest BCUT2D eigenvalue weighted by atomic mass is 16.5. The van der Waals surface area contributed by atoms with Crippen molar-refractivity contribution >= 4 is 5.91 Å². The monoisotopic (exact) mass is 317 g/mol. The maximum absolute atomic E-state index is 12.8. The van der Waals surface area contributed by atoms with Gasteiger partial charge in [-0.3, -0.25) is 4.79 Å². The lowest BCUT2D eigenvalue weighted by atomic mass is 9.93. The van der Waals surface area contributed by atoms with Crippen LogP contribution in [0.4, 0.5) is 0 Å². The molecule has 23 heavy (non-hydrogen) atoms. The van der Waals surface area contributed by atoms with Crippen LogP contribution in [0.15, 0.2) is 24.3 Å². The zero-order valence-corrected chi connectivity index (χ0v) is 14.4. The predicted molar refractivity (Wildman–Crippen MR) is 89.5 cm³/mol. The molecular formula is C19H27NO3. The van der Waals surface area contributed by atoms with E-state index in [-0.39, 0.29) is 17.4 Å². The molecule has 3 rings (SSSR count). The van der Waals surface area contributed by atoms with Crippen molar-refractivity contribution in [3.05, 3.63) is 29.8 Å². The molecule has 2 aliphatic rings. The molecule has 0 radical (unpaired) electrons. The minimum atomic E-state index is 0.202. The Balaban J connectivity index is 1.56. The first kappa shape index (κ1) is 16.3. The third-order valence-corrected chi connectivity index (χ3v) is 5.68. The van der Waals surface area contributed by atoms with E-state index in [9.17, 15) is 4.79 Å². The summed E-state index contributed by atoms with van der Waals surface area (Å²) in [5.41, 5.74) is 1.48. The summed E-state index contributed by atoms with van der Waals surface area (Å²) in [7, 11) is 3.62. The number of carbonyl (C=O) groups is 1. The van der Waals surface area contributed by atoms with E-state index in [2.05, 4.69) is 19.1 Å². The summed E-state index contributed by atoms with van der Waals surface area (Å²) in [6, 6.07) is 8.30. The van der Waals surface area contributed by atoms with Gasteiger partial charge >= 0.3 is 0 Å². The largest absolute Gasteiger partial charge is 0.497 e. The zero-order chi connectivity index (χ0) is 16.4. The number of methoxy groups -OCH3 is 1. The molecule has 1 heterocycles. The molecular weight excluding hydrogens is 290 g/mol. The number of carbonyl (C=O) groups excluding carboxylic acids is 1. The molecule has 4 nitrogen and oxygen atoms in total. The minimum absolute atomic E-state index is 0.202. The zero-order valence-electron chi connectivity index (χ0n) is 14.4. The predicted octanol–water partition coefficient (Wildman–Crippen LogP) is 2.90. The van der Waals surface area contributed by atoms with E-state index in [1.54, 1.807) is 7.11 Å². The summed E-state index contributed by atoms with van der Waals surface area (Å²) in [5.74, 6) is 1.40. The molecule has 1 saturated carbocycles. The van der Waals surface area contributed by atoms with Crippen LogP contribution >= 0.6 is 0 Å². The molecule has 4 heteroatoms. The minimum Gasteiger partial charge on any atom is -0.497 e. The van der Waals surface area contributed by atoms with E-state index in [1.807, 2.05) is 24.1 Å². The summed E-state index contributed by atoms with van der Waals surface area (Å²) in [5, 5.41) is 0. The summed E-state index contributed by atoms with van der Waals surface area (Å²) >= 11 is 0. The van der Waals surface area contributed by atoms with Crippen molar-refractivity contribution in [3.8, 4) is 5.75 Å². The van der Waals surface area contributed by atoms with Crippen LogP contribution in [0.5, 0.6) is 5.75 Å². The summed E-state index contributed by atoms with van der Waals surface area (Å²) in [4.78, 5) is 14.7. The number of benzene rings is 1. The molecule has 0 aromatic heterocycles. The lowest BCUT2D eigenvalue weighted by Crippen LogP contribution is -2.39. The van der Waals surface area contributed by atoms with Gasteiger partial charge in [-0.1, -0.05) is 12.1 Å². The van der Waals surface area contributed by atoms with Gasteiger partial charge in [-0.15, -0.1) is 0 Å². The molecule has 1 aromatic carbocycles. The van der Waals surface area contributed by atoms with E-state index in [0.717, 1.165) is 44.6 Å². The lowest BCUT2D eigenvalue weighted by molar-refractivity contribution is -0.134. The summed E-state index contributed by atoms with van der Waals surface area (Å²) in [6.45, 7) is 3.75. The average Bonchev–Trinajstić information content (AvgIpc) is 3.27. The molecule has 1 aliphatic carbocycles. The average molecular weight is 317 g/mol. The van der Waals surface area contributed by atoms with Gasteiger partial charge < -0.3 is 14.4 Å². The fraction of sp³-hybridized carbons (Fsp3) is 0.632. The van der Waals surface area contributed by atoms with Crippen molar-refractivity contribution in [3.63, 3.8) is 0 Å².